The van der Waals surface area contributed by atoms with Gasteiger partial charge in [-0.25, -0.2) is 0 Å². The van der Waals surface area contributed by atoms with Crippen LogP contribution in [0.25, 0.3) is 11.0 Å². The third-order valence-corrected chi connectivity index (χ3v) is 5.98. The second-order valence-electron chi connectivity index (χ2n) is 9.21. The second-order valence-corrected chi connectivity index (χ2v) is 9.62. The van der Waals surface area contributed by atoms with Crippen molar-refractivity contribution < 1.29 is 18.7 Å². The van der Waals surface area contributed by atoms with Crippen molar-refractivity contribution in [1.29, 1.82) is 0 Å². The summed E-state index contributed by atoms with van der Waals surface area (Å²) in [5, 5.41) is 3.69. The molecule has 4 aromatic rings. The zero-order chi connectivity index (χ0) is 25.2. The highest BCUT2D eigenvalue weighted by molar-refractivity contribution is 6.31. The SMILES string of the molecule is Cc1c(Cl)cccc1NC(=O)COc1ccc2c(=O)c(Oc3ccc(C(C)(C)C)cc3)coc2c1. The fraction of sp³-hybridized carbons (Fsp3) is 0.214. The molecule has 0 saturated heterocycles. The minimum absolute atomic E-state index is 0.0230. The lowest BCUT2D eigenvalue weighted by molar-refractivity contribution is -0.118. The van der Waals surface area contributed by atoms with E-state index in [2.05, 4.69) is 26.1 Å². The van der Waals surface area contributed by atoms with E-state index in [1.54, 1.807) is 36.4 Å². The van der Waals surface area contributed by atoms with Gasteiger partial charge in [-0.15, -0.1) is 0 Å². The van der Waals surface area contributed by atoms with E-state index >= 15 is 0 Å². The Morgan fingerprint density at radius 3 is 2.46 bits per heavy atom. The standard InChI is InChI=1S/C28H26ClNO5/c1-17-22(29)6-5-7-23(17)30-26(31)16-33-20-12-13-21-24(14-20)34-15-25(27(21)32)35-19-10-8-18(9-11-19)28(2,3)4/h5-15H,16H2,1-4H3,(H,30,31). The van der Waals surface area contributed by atoms with E-state index in [9.17, 15) is 9.59 Å². The van der Waals surface area contributed by atoms with Crippen molar-refractivity contribution in [3.63, 3.8) is 0 Å². The summed E-state index contributed by atoms with van der Waals surface area (Å²) >= 11 is 6.09. The van der Waals surface area contributed by atoms with Gasteiger partial charge in [-0.05, 0) is 59.9 Å². The van der Waals surface area contributed by atoms with Gasteiger partial charge in [-0.3, -0.25) is 9.59 Å². The third-order valence-electron chi connectivity index (χ3n) is 5.57. The first-order chi connectivity index (χ1) is 16.6. The number of carbonyl (C=O) groups is 1. The molecule has 0 aliphatic heterocycles. The zero-order valence-electron chi connectivity index (χ0n) is 20.0. The quantitative estimate of drug-likeness (QED) is 0.318. The Balaban J connectivity index is 1.44. The number of benzene rings is 3. The molecule has 0 aliphatic carbocycles. The molecule has 1 N–H and O–H groups in total. The predicted molar refractivity (Wildman–Crippen MR) is 138 cm³/mol. The van der Waals surface area contributed by atoms with E-state index in [0.29, 0.717) is 33.2 Å². The molecular formula is C28H26ClNO5. The molecule has 0 atom stereocenters. The molecule has 0 spiro atoms. The summed E-state index contributed by atoms with van der Waals surface area (Å²) in [6.45, 7) is 8.00. The lowest BCUT2D eigenvalue weighted by atomic mass is 9.87. The summed E-state index contributed by atoms with van der Waals surface area (Å²) < 4.78 is 17.0. The maximum atomic E-state index is 12.9. The maximum absolute atomic E-state index is 12.9. The average molecular weight is 492 g/mol. The number of ether oxygens (including phenoxy) is 2. The molecule has 0 bridgehead atoms. The summed E-state index contributed by atoms with van der Waals surface area (Å²) in [6.07, 6.45) is 1.28. The summed E-state index contributed by atoms with van der Waals surface area (Å²) in [7, 11) is 0. The minimum Gasteiger partial charge on any atom is -0.484 e. The van der Waals surface area contributed by atoms with Crippen LogP contribution < -0.4 is 20.2 Å². The van der Waals surface area contributed by atoms with Crippen LogP contribution >= 0.6 is 11.6 Å². The van der Waals surface area contributed by atoms with E-state index in [-0.39, 0.29) is 29.1 Å². The Labute approximate surface area is 208 Å². The first-order valence-electron chi connectivity index (χ1n) is 11.1. The summed E-state index contributed by atoms with van der Waals surface area (Å²) in [5.74, 6) is 0.694. The van der Waals surface area contributed by atoms with Gasteiger partial charge in [-0.1, -0.05) is 50.6 Å². The lowest BCUT2D eigenvalue weighted by Crippen LogP contribution is -2.20. The molecule has 1 amide bonds. The Morgan fingerprint density at radius 2 is 1.74 bits per heavy atom. The second kappa shape index (κ2) is 9.84. The van der Waals surface area contributed by atoms with E-state index in [1.807, 2.05) is 31.2 Å². The number of anilines is 1. The fourth-order valence-corrected chi connectivity index (χ4v) is 3.65. The first-order valence-corrected chi connectivity index (χ1v) is 11.5. The lowest BCUT2D eigenvalue weighted by Gasteiger charge is -2.19. The predicted octanol–water partition coefficient (Wildman–Crippen LogP) is 6.86. The van der Waals surface area contributed by atoms with Crippen LogP contribution in [0.3, 0.4) is 0 Å². The fourth-order valence-electron chi connectivity index (χ4n) is 3.48. The molecule has 4 rings (SSSR count). The number of fused-ring (bicyclic) bond motifs is 1. The van der Waals surface area contributed by atoms with Gasteiger partial charge in [0, 0.05) is 16.8 Å². The number of rotatable bonds is 6. The molecular weight excluding hydrogens is 466 g/mol. The van der Waals surface area contributed by atoms with Crippen molar-refractivity contribution in [3.05, 3.63) is 93.3 Å². The normalized spacial score (nSPS) is 11.3. The third kappa shape index (κ3) is 5.66. The maximum Gasteiger partial charge on any atom is 0.262 e. The van der Waals surface area contributed by atoms with Gasteiger partial charge in [0.05, 0.1) is 5.39 Å². The number of amides is 1. The van der Waals surface area contributed by atoms with Crippen molar-refractivity contribution in [3.8, 4) is 17.2 Å². The summed E-state index contributed by atoms with van der Waals surface area (Å²) in [6, 6.07) is 17.7. The van der Waals surface area contributed by atoms with E-state index in [1.165, 1.54) is 11.8 Å². The molecule has 0 fully saturated rings. The summed E-state index contributed by atoms with van der Waals surface area (Å²) in [5.41, 5.74) is 2.62. The highest BCUT2D eigenvalue weighted by Gasteiger charge is 2.15. The molecule has 6 nitrogen and oxygen atoms in total. The van der Waals surface area contributed by atoms with Crippen LogP contribution in [-0.4, -0.2) is 12.5 Å². The molecule has 0 unspecified atom stereocenters. The van der Waals surface area contributed by atoms with Crippen molar-refractivity contribution in [1.82, 2.24) is 0 Å². The average Bonchev–Trinajstić information content (AvgIpc) is 2.82. The van der Waals surface area contributed by atoms with Crippen molar-refractivity contribution in [2.75, 3.05) is 11.9 Å². The monoisotopic (exact) mass is 491 g/mol. The molecule has 1 aromatic heterocycles. The van der Waals surface area contributed by atoms with Gasteiger partial charge in [-0.2, -0.15) is 0 Å². The molecule has 7 heteroatoms. The Kier molecular flexibility index (Phi) is 6.85. The van der Waals surface area contributed by atoms with Gasteiger partial charge < -0.3 is 19.2 Å². The molecule has 180 valence electrons. The smallest absolute Gasteiger partial charge is 0.262 e. The highest BCUT2D eigenvalue weighted by atomic mass is 35.5. The topological polar surface area (TPSA) is 77.8 Å². The minimum atomic E-state index is -0.335. The highest BCUT2D eigenvalue weighted by Crippen LogP contribution is 2.28. The number of halogens is 1. The van der Waals surface area contributed by atoms with E-state index in [0.717, 1.165) is 5.56 Å². The van der Waals surface area contributed by atoms with E-state index in [4.69, 9.17) is 25.5 Å². The van der Waals surface area contributed by atoms with Crippen LogP contribution in [0.4, 0.5) is 5.69 Å². The first kappa shape index (κ1) is 24.4. The Bertz CT molecular complexity index is 1430. The van der Waals surface area contributed by atoms with Crippen LogP contribution in [0.2, 0.25) is 5.02 Å². The molecule has 0 aliphatic rings. The van der Waals surface area contributed by atoms with Crippen LogP contribution in [0.5, 0.6) is 17.2 Å². The largest absolute Gasteiger partial charge is 0.484 e. The van der Waals surface area contributed by atoms with Gasteiger partial charge in [0.1, 0.15) is 23.3 Å². The number of hydrogen-bond donors (Lipinski definition) is 1. The number of carbonyl (C=O) groups excluding carboxylic acids is 1. The number of hydrogen-bond acceptors (Lipinski definition) is 5. The van der Waals surface area contributed by atoms with Crippen molar-refractivity contribution in [2.24, 2.45) is 0 Å². The molecule has 3 aromatic carbocycles. The Hall–Kier alpha value is -3.77. The molecule has 35 heavy (non-hydrogen) atoms. The molecule has 0 saturated carbocycles. The van der Waals surface area contributed by atoms with Gasteiger partial charge in [0.15, 0.2) is 6.61 Å². The zero-order valence-corrected chi connectivity index (χ0v) is 20.7. The molecule has 1 heterocycles. The van der Waals surface area contributed by atoms with E-state index < -0.39 is 0 Å². The van der Waals surface area contributed by atoms with Gasteiger partial charge in [0.2, 0.25) is 11.2 Å². The van der Waals surface area contributed by atoms with Gasteiger partial charge >= 0.3 is 0 Å². The van der Waals surface area contributed by atoms with Crippen molar-refractivity contribution in [2.45, 2.75) is 33.1 Å². The van der Waals surface area contributed by atoms with Crippen LogP contribution in [-0.2, 0) is 10.2 Å². The van der Waals surface area contributed by atoms with Crippen molar-refractivity contribution >= 4 is 34.2 Å². The van der Waals surface area contributed by atoms with Gasteiger partial charge in [0.25, 0.3) is 5.91 Å². The van der Waals surface area contributed by atoms with Crippen LogP contribution in [0.15, 0.2) is 76.1 Å². The van der Waals surface area contributed by atoms with Crippen LogP contribution in [0, 0.1) is 6.92 Å². The number of nitrogens with one attached hydrogen (secondary N) is 1. The molecule has 0 radical (unpaired) electrons. The Morgan fingerprint density at radius 1 is 1.03 bits per heavy atom. The summed E-state index contributed by atoms with van der Waals surface area (Å²) in [4.78, 5) is 25.2. The van der Waals surface area contributed by atoms with Crippen LogP contribution in [0.1, 0.15) is 31.9 Å².